The van der Waals surface area contributed by atoms with Crippen LogP contribution in [0.15, 0.2) is 48.5 Å². The molecule has 0 heterocycles. The van der Waals surface area contributed by atoms with E-state index in [1.165, 1.54) is 5.56 Å². The Hall–Kier alpha value is -2.00. The monoisotopic (exact) mass is 271 g/mol. The highest BCUT2D eigenvalue weighted by Gasteiger charge is 2.26. The van der Waals surface area contributed by atoms with Crippen molar-refractivity contribution in [1.82, 2.24) is 0 Å². The molecule has 0 spiro atoms. The lowest BCUT2D eigenvalue weighted by molar-refractivity contribution is 0.223. The largest absolute Gasteiger partial charge is 0.497 e. The molecule has 0 aliphatic carbocycles. The second-order valence-corrected chi connectivity index (χ2v) is 5.22. The van der Waals surface area contributed by atoms with E-state index in [2.05, 4.69) is 11.4 Å². The average molecular weight is 271 g/mol. The lowest BCUT2D eigenvalue weighted by Gasteiger charge is -2.31. The van der Waals surface area contributed by atoms with E-state index in [4.69, 9.17) is 4.74 Å². The van der Waals surface area contributed by atoms with Crippen LogP contribution in [0.4, 0.5) is 5.69 Å². The quantitative estimate of drug-likeness (QED) is 0.876. The molecule has 0 aliphatic rings. The fourth-order valence-corrected chi connectivity index (χ4v) is 2.21. The fraction of sp³-hybridized carbons (Fsp3) is 0.294. The zero-order valence-corrected chi connectivity index (χ0v) is 12.2. The summed E-state index contributed by atoms with van der Waals surface area (Å²) in [5.74, 6) is 0.785. The van der Waals surface area contributed by atoms with Gasteiger partial charge in [0.2, 0.25) is 0 Å². The maximum Gasteiger partial charge on any atom is 0.119 e. The van der Waals surface area contributed by atoms with Gasteiger partial charge in [0.15, 0.2) is 0 Å². The van der Waals surface area contributed by atoms with Gasteiger partial charge in [-0.15, -0.1) is 0 Å². The number of ether oxygens (including phenoxy) is 1. The van der Waals surface area contributed by atoms with E-state index in [9.17, 15) is 5.11 Å². The third-order valence-electron chi connectivity index (χ3n) is 3.46. The minimum absolute atomic E-state index is 0.00584. The molecule has 0 aliphatic heterocycles. The Morgan fingerprint density at radius 2 is 1.90 bits per heavy atom. The predicted molar refractivity (Wildman–Crippen MR) is 82.2 cm³/mol. The maximum atomic E-state index is 9.83. The maximum absolute atomic E-state index is 9.83. The van der Waals surface area contributed by atoms with Gasteiger partial charge in [0.05, 0.1) is 19.3 Å². The first-order chi connectivity index (χ1) is 9.57. The Bertz CT molecular complexity index is 583. The standard InChI is InChI=1S/C17H21NO2/c1-13-6-4-8-15(10-13)18-17(2,12-19)14-7-5-9-16(11-14)20-3/h4-11,18-19H,12H2,1-3H3. The van der Waals surface area contributed by atoms with Crippen LogP contribution in [0.25, 0.3) is 0 Å². The lowest BCUT2D eigenvalue weighted by Crippen LogP contribution is -2.35. The van der Waals surface area contributed by atoms with Crippen molar-refractivity contribution in [3.8, 4) is 5.75 Å². The van der Waals surface area contributed by atoms with Crippen molar-refractivity contribution in [2.75, 3.05) is 19.0 Å². The SMILES string of the molecule is COc1cccc(C(C)(CO)Nc2cccc(C)c2)c1. The van der Waals surface area contributed by atoms with Gasteiger partial charge in [0.25, 0.3) is 0 Å². The first-order valence-corrected chi connectivity index (χ1v) is 6.67. The first kappa shape index (κ1) is 14.4. The Morgan fingerprint density at radius 1 is 1.15 bits per heavy atom. The molecule has 0 bridgehead atoms. The second kappa shape index (κ2) is 5.97. The van der Waals surface area contributed by atoms with Gasteiger partial charge >= 0.3 is 0 Å². The van der Waals surface area contributed by atoms with Crippen molar-refractivity contribution in [2.24, 2.45) is 0 Å². The van der Waals surface area contributed by atoms with Crippen LogP contribution in [0, 0.1) is 6.92 Å². The summed E-state index contributed by atoms with van der Waals surface area (Å²) in [6, 6.07) is 15.9. The second-order valence-electron chi connectivity index (χ2n) is 5.22. The van der Waals surface area contributed by atoms with Gasteiger partial charge in [0.1, 0.15) is 5.75 Å². The Labute approximate surface area is 120 Å². The molecule has 1 atom stereocenters. The molecule has 0 amide bonds. The summed E-state index contributed by atoms with van der Waals surface area (Å²) in [6.07, 6.45) is 0. The first-order valence-electron chi connectivity index (χ1n) is 6.67. The summed E-state index contributed by atoms with van der Waals surface area (Å²) in [5, 5.41) is 13.2. The molecule has 106 valence electrons. The van der Waals surface area contributed by atoms with Crippen LogP contribution in [0.5, 0.6) is 5.75 Å². The average Bonchev–Trinajstić information content (AvgIpc) is 2.47. The van der Waals surface area contributed by atoms with Gasteiger partial charge in [-0.25, -0.2) is 0 Å². The highest BCUT2D eigenvalue weighted by atomic mass is 16.5. The van der Waals surface area contributed by atoms with Crippen LogP contribution in [0.3, 0.4) is 0 Å². The van der Waals surface area contributed by atoms with Crippen LogP contribution in [0.2, 0.25) is 0 Å². The van der Waals surface area contributed by atoms with Crippen LogP contribution in [0.1, 0.15) is 18.1 Å². The fourth-order valence-electron chi connectivity index (χ4n) is 2.21. The molecule has 1 unspecified atom stereocenters. The molecule has 0 saturated carbocycles. The van der Waals surface area contributed by atoms with Crippen LogP contribution < -0.4 is 10.1 Å². The van der Waals surface area contributed by atoms with E-state index in [1.54, 1.807) is 7.11 Å². The van der Waals surface area contributed by atoms with E-state index < -0.39 is 5.54 Å². The summed E-state index contributed by atoms with van der Waals surface area (Å²) < 4.78 is 5.25. The molecular formula is C17H21NO2. The van der Waals surface area contributed by atoms with E-state index in [-0.39, 0.29) is 6.61 Å². The number of nitrogens with one attached hydrogen (secondary N) is 1. The van der Waals surface area contributed by atoms with Gasteiger partial charge in [-0.1, -0.05) is 24.3 Å². The van der Waals surface area contributed by atoms with Gasteiger partial charge in [0, 0.05) is 5.69 Å². The normalized spacial score (nSPS) is 13.6. The highest BCUT2D eigenvalue weighted by molar-refractivity contribution is 5.50. The van der Waals surface area contributed by atoms with Crippen molar-refractivity contribution in [3.05, 3.63) is 59.7 Å². The number of aliphatic hydroxyl groups is 1. The van der Waals surface area contributed by atoms with Crippen LogP contribution in [-0.4, -0.2) is 18.8 Å². The Kier molecular flexibility index (Phi) is 4.30. The van der Waals surface area contributed by atoms with Gasteiger partial charge < -0.3 is 15.2 Å². The molecule has 0 radical (unpaired) electrons. The highest BCUT2D eigenvalue weighted by Crippen LogP contribution is 2.28. The summed E-state index contributed by atoms with van der Waals surface area (Å²) >= 11 is 0. The molecule has 3 heteroatoms. The summed E-state index contributed by atoms with van der Waals surface area (Å²) in [6.45, 7) is 4.02. The van der Waals surface area contributed by atoms with Crippen molar-refractivity contribution < 1.29 is 9.84 Å². The molecule has 0 saturated heterocycles. The van der Waals surface area contributed by atoms with Gasteiger partial charge in [-0.2, -0.15) is 0 Å². The summed E-state index contributed by atoms with van der Waals surface area (Å²) in [4.78, 5) is 0. The lowest BCUT2D eigenvalue weighted by atomic mass is 9.92. The summed E-state index contributed by atoms with van der Waals surface area (Å²) in [5.41, 5.74) is 2.61. The van der Waals surface area contributed by atoms with Crippen molar-refractivity contribution in [3.63, 3.8) is 0 Å². The minimum atomic E-state index is -0.553. The molecule has 2 aromatic rings. The molecule has 20 heavy (non-hydrogen) atoms. The summed E-state index contributed by atoms with van der Waals surface area (Å²) in [7, 11) is 1.64. The molecule has 0 aromatic heterocycles. The zero-order valence-electron chi connectivity index (χ0n) is 12.2. The van der Waals surface area contributed by atoms with Gasteiger partial charge in [-0.3, -0.25) is 0 Å². The van der Waals surface area contributed by atoms with E-state index in [1.807, 2.05) is 56.3 Å². The number of aryl methyl sites for hydroxylation is 1. The molecule has 2 aromatic carbocycles. The topological polar surface area (TPSA) is 41.5 Å². The third kappa shape index (κ3) is 3.11. The molecule has 2 N–H and O–H groups in total. The third-order valence-corrected chi connectivity index (χ3v) is 3.46. The van der Waals surface area contributed by atoms with Crippen LogP contribution in [-0.2, 0) is 5.54 Å². The number of hydrogen-bond acceptors (Lipinski definition) is 3. The van der Waals surface area contributed by atoms with Crippen molar-refractivity contribution in [2.45, 2.75) is 19.4 Å². The smallest absolute Gasteiger partial charge is 0.119 e. The van der Waals surface area contributed by atoms with Gasteiger partial charge in [-0.05, 0) is 49.2 Å². The number of anilines is 1. The van der Waals surface area contributed by atoms with E-state index in [0.29, 0.717) is 0 Å². The number of benzene rings is 2. The number of aliphatic hydroxyl groups excluding tert-OH is 1. The predicted octanol–water partition coefficient (Wildman–Crippen LogP) is 3.32. The Morgan fingerprint density at radius 3 is 2.55 bits per heavy atom. The molecular weight excluding hydrogens is 250 g/mol. The van der Waals surface area contributed by atoms with E-state index >= 15 is 0 Å². The Balaban J connectivity index is 2.32. The molecule has 3 nitrogen and oxygen atoms in total. The number of methoxy groups -OCH3 is 1. The van der Waals surface area contributed by atoms with Crippen molar-refractivity contribution in [1.29, 1.82) is 0 Å². The number of rotatable bonds is 5. The number of hydrogen-bond donors (Lipinski definition) is 2. The minimum Gasteiger partial charge on any atom is -0.497 e. The molecule has 2 rings (SSSR count). The van der Waals surface area contributed by atoms with Crippen molar-refractivity contribution >= 4 is 5.69 Å². The van der Waals surface area contributed by atoms with E-state index in [0.717, 1.165) is 17.0 Å². The van der Waals surface area contributed by atoms with Crippen LogP contribution >= 0.6 is 0 Å². The zero-order chi connectivity index (χ0) is 14.6. The molecule has 0 fully saturated rings.